The van der Waals surface area contributed by atoms with Crippen molar-refractivity contribution in [1.82, 2.24) is 24.6 Å². The van der Waals surface area contributed by atoms with E-state index in [4.69, 9.17) is 5.73 Å². The maximum atomic E-state index is 12.6. The first-order valence-corrected chi connectivity index (χ1v) is 8.27. The van der Waals surface area contributed by atoms with Gasteiger partial charge in [-0.3, -0.25) is 14.4 Å². The van der Waals surface area contributed by atoms with Crippen LogP contribution in [0.3, 0.4) is 0 Å². The number of aromatic nitrogens is 4. The van der Waals surface area contributed by atoms with Gasteiger partial charge < -0.3 is 10.7 Å². The third kappa shape index (κ3) is 3.18. The second-order valence-electron chi connectivity index (χ2n) is 6.40. The summed E-state index contributed by atoms with van der Waals surface area (Å²) in [5, 5.41) is 4.41. The van der Waals surface area contributed by atoms with Gasteiger partial charge in [-0.1, -0.05) is 0 Å². The van der Waals surface area contributed by atoms with Gasteiger partial charge in [0.05, 0.1) is 17.0 Å². The molecule has 0 saturated carbocycles. The predicted octanol–water partition coefficient (Wildman–Crippen LogP) is 1.31. The van der Waals surface area contributed by atoms with E-state index in [0.29, 0.717) is 18.1 Å². The Morgan fingerprint density at radius 3 is 2.76 bits per heavy atom. The molecule has 2 aromatic heterocycles. The van der Waals surface area contributed by atoms with E-state index in [2.05, 4.69) is 20.0 Å². The van der Waals surface area contributed by atoms with E-state index in [0.717, 1.165) is 42.0 Å². The SMILES string of the molecule is Cn1ccc(CN2CCc3nc(-c4ccc(N)cc4)[nH]c(=O)c3C2)n1. The summed E-state index contributed by atoms with van der Waals surface area (Å²) >= 11 is 0. The lowest BCUT2D eigenvalue weighted by Gasteiger charge is -2.27. The zero-order chi connectivity index (χ0) is 17.4. The summed E-state index contributed by atoms with van der Waals surface area (Å²) in [6.45, 7) is 2.19. The summed E-state index contributed by atoms with van der Waals surface area (Å²) in [6, 6.07) is 9.36. The molecule has 0 saturated heterocycles. The summed E-state index contributed by atoms with van der Waals surface area (Å²) < 4.78 is 1.79. The Morgan fingerprint density at radius 2 is 2.04 bits per heavy atom. The lowest BCUT2D eigenvalue weighted by molar-refractivity contribution is 0.238. The molecule has 3 aromatic rings. The van der Waals surface area contributed by atoms with Crippen LogP contribution in [0.1, 0.15) is 17.0 Å². The van der Waals surface area contributed by atoms with Crippen LogP contribution in [0.15, 0.2) is 41.3 Å². The molecule has 0 bridgehead atoms. The normalized spacial score (nSPS) is 14.4. The number of fused-ring (bicyclic) bond motifs is 1. The smallest absolute Gasteiger partial charge is 0.255 e. The molecular weight excluding hydrogens is 316 g/mol. The number of benzene rings is 1. The number of hydrogen-bond donors (Lipinski definition) is 2. The van der Waals surface area contributed by atoms with Gasteiger partial charge in [-0.05, 0) is 30.3 Å². The molecule has 0 spiro atoms. The molecular formula is C18H20N6O. The largest absolute Gasteiger partial charge is 0.399 e. The highest BCUT2D eigenvalue weighted by atomic mass is 16.1. The number of aryl methyl sites for hydroxylation is 1. The van der Waals surface area contributed by atoms with Crippen LogP contribution in [0.25, 0.3) is 11.4 Å². The Kier molecular flexibility index (Phi) is 3.85. The summed E-state index contributed by atoms with van der Waals surface area (Å²) in [5.74, 6) is 0.599. The van der Waals surface area contributed by atoms with E-state index in [-0.39, 0.29) is 5.56 Å². The molecule has 0 aliphatic carbocycles. The van der Waals surface area contributed by atoms with Gasteiger partial charge in [0.2, 0.25) is 0 Å². The highest BCUT2D eigenvalue weighted by Crippen LogP contribution is 2.20. The van der Waals surface area contributed by atoms with Crippen LogP contribution in [0.4, 0.5) is 5.69 Å². The first kappa shape index (κ1) is 15.6. The first-order valence-electron chi connectivity index (χ1n) is 8.27. The van der Waals surface area contributed by atoms with Gasteiger partial charge in [0.15, 0.2) is 0 Å². The molecule has 1 aromatic carbocycles. The molecule has 3 N–H and O–H groups in total. The Labute approximate surface area is 145 Å². The molecule has 0 amide bonds. The van der Waals surface area contributed by atoms with Crippen molar-refractivity contribution in [3.05, 3.63) is 63.8 Å². The summed E-state index contributed by atoms with van der Waals surface area (Å²) in [6.07, 6.45) is 2.69. The minimum atomic E-state index is -0.0671. The number of anilines is 1. The van der Waals surface area contributed by atoms with Crippen LogP contribution in [0.5, 0.6) is 0 Å². The molecule has 7 nitrogen and oxygen atoms in total. The van der Waals surface area contributed by atoms with Crippen molar-refractivity contribution in [2.45, 2.75) is 19.5 Å². The van der Waals surface area contributed by atoms with Crippen molar-refractivity contribution in [3.63, 3.8) is 0 Å². The zero-order valence-electron chi connectivity index (χ0n) is 14.1. The molecule has 4 rings (SSSR count). The maximum absolute atomic E-state index is 12.6. The fraction of sp³-hybridized carbons (Fsp3) is 0.278. The third-order valence-electron chi connectivity index (χ3n) is 4.49. The first-order chi connectivity index (χ1) is 12.1. The zero-order valence-corrected chi connectivity index (χ0v) is 14.1. The Bertz CT molecular complexity index is 956. The molecule has 128 valence electrons. The van der Waals surface area contributed by atoms with Crippen LogP contribution >= 0.6 is 0 Å². The summed E-state index contributed by atoms with van der Waals surface area (Å²) in [7, 11) is 1.91. The van der Waals surface area contributed by atoms with Crippen molar-refractivity contribution in [3.8, 4) is 11.4 Å². The van der Waals surface area contributed by atoms with Crippen LogP contribution in [-0.2, 0) is 26.6 Å². The Hall–Kier alpha value is -2.93. The monoisotopic (exact) mass is 336 g/mol. The van der Waals surface area contributed by atoms with Gasteiger partial charge >= 0.3 is 0 Å². The van der Waals surface area contributed by atoms with Crippen molar-refractivity contribution < 1.29 is 0 Å². The van der Waals surface area contributed by atoms with Crippen LogP contribution < -0.4 is 11.3 Å². The van der Waals surface area contributed by atoms with Gasteiger partial charge in [0, 0.05) is 50.6 Å². The molecule has 0 radical (unpaired) electrons. The van der Waals surface area contributed by atoms with Crippen molar-refractivity contribution >= 4 is 5.69 Å². The number of nitrogen functional groups attached to an aromatic ring is 1. The number of nitrogens with two attached hydrogens (primary N) is 1. The number of nitrogens with zero attached hydrogens (tertiary/aromatic N) is 4. The number of hydrogen-bond acceptors (Lipinski definition) is 5. The predicted molar refractivity (Wildman–Crippen MR) is 95.7 cm³/mol. The van der Waals surface area contributed by atoms with E-state index in [1.54, 1.807) is 4.68 Å². The number of H-pyrrole nitrogens is 1. The van der Waals surface area contributed by atoms with Crippen molar-refractivity contribution in [1.29, 1.82) is 0 Å². The molecule has 1 aliphatic rings. The fourth-order valence-corrected chi connectivity index (χ4v) is 3.17. The second-order valence-corrected chi connectivity index (χ2v) is 6.40. The average molecular weight is 336 g/mol. The minimum absolute atomic E-state index is 0.0671. The van der Waals surface area contributed by atoms with E-state index in [9.17, 15) is 4.79 Å². The topological polar surface area (TPSA) is 92.8 Å². The highest BCUT2D eigenvalue weighted by molar-refractivity contribution is 5.58. The standard InChI is InChI=1S/C18H20N6O/c1-23-8-6-14(22-23)10-24-9-7-16-15(11-24)18(25)21-17(20-16)12-2-4-13(19)5-3-12/h2-6,8H,7,9-11,19H2,1H3,(H,20,21,25). The van der Waals surface area contributed by atoms with Crippen LogP contribution in [0, 0.1) is 0 Å². The molecule has 1 aliphatic heterocycles. The van der Waals surface area contributed by atoms with Gasteiger partial charge in [-0.2, -0.15) is 5.10 Å². The van der Waals surface area contributed by atoms with Gasteiger partial charge in [-0.25, -0.2) is 4.98 Å². The molecule has 0 fully saturated rings. The van der Waals surface area contributed by atoms with Gasteiger partial charge in [0.1, 0.15) is 5.82 Å². The summed E-state index contributed by atoms with van der Waals surface area (Å²) in [4.78, 5) is 22.4. The van der Waals surface area contributed by atoms with Crippen LogP contribution in [0.2, 0.25) is 0 Å². The van der Waals surface area contributed by atoms with Crippen LogP contribution in [-0.4, -0.2) is 31.2 Å². The van der Waals surface area contributed by atoms with E-state index in [1.165, 1.54) is 0 Å². The number of nitrogens with one attached hydrogen (secondary N) is 1. The molecule has 0 unspecified atom stereocenters. The highest BCUT2D eigenvalue weighted by Gasteiger charge is 2.22. The fourth-order valence-electron chi connectivity index (χ4n) is 3.17. The Morgan fingerprint density at radius 1 is 1.24 bits per heavy atom. The van der Waals surface area contributed by atoms with E-state index in [1.807, 2.05) is 43.6 Å². The number of rotatable bonds is 3. The molecule has 25 heavy (non-hydrogen) atoms. The second kappa shape index (κ2) is 6.18. The minimum Gasteiger partial charge on any atom is -0.399 e. The average Bonchev–Trinajstić information content (AvgIpc) is 3.01. The quantitative estimate of drug-likeness (QED) is 0.704. The lowest BCUT2D eigenvalue weighted by atomic mass is 10.1. The summed E-state index contributed by atoms with van der Waals surface area (Å²) in [5.41, 5.74) is 9.85. The lowest BCUT2D eigenvalue weighted by Crippen LogP contribution is -2.35. The molecule has 3 heterocycles. The van der Waals surface area contributed by atoms with E-state index < -0.39 is 0 Å². The van der Waals surface area contributed by atoms with Crippen molar-refractivity contribution in [2.75, 3.05) is 12.3 Å². The van der Waals surface area contributed by atoms with Gasteiger partial charge in [-0.15, -0.1) is 0 Å². The molecule has 0 atom stereocenters. The van der Waals surface area contributed by atoms with Gasteiger partial charge in [0.25, 0.3) is 5.56 Å². The van der Waals surface area contributed by atoms with Crippen molar-refractivity contribution in [2.24, 2.45) is 7.05 Å². The number of aromatic amines is 1. The maximum Gasteiger partial charge on any atom is 0.255 e. The Balaban J connectivity index is 1.59. The third-order valence-corrected chi connectivity index (χ3v) is 4.49. The molecule has 7 heteroatoms. The van der Waals surface area contributed by atoms with E-state index >= 15 is 0 Å².